The van der Waals surface area contributed by atoms with E-state index in [2.05, 4.69) is 61.4 Å². The molecule has 0 saturated carbocycles. The largest absolute Gasteiger partial charge is 0.306 e. The van der Waals surface area contributed by atoms with E-state index in [0.717, 1.165) is 6.54 Å². The van der Waals surface area contributed by atoms with Crippen LogP contribution in [0.15, 0.2) is 42.7 Å². The van der Waals surface area contributed by atoms with Gasteiger partial charge in [-0.3, -0.25) is 4.98 Å². The highest BCUT2D eigenvalue weighted by Crippen LogP contribution is 2.14. The number of nitrogens with one attached hydrogen (secondary N) is 1. The van der Waals surface area contributed by atoms with E-state index in [0.29, 0.717) is 6.04 Å². The van der Waals surface area contributed by atoms with Gasteiger partial charge < -0.3 is 5.32 Å². The van der Waals surface area contributed by atoms with Crippen LogP contribution in [0.5, 0.6) is 0 Å². The van der Waals surface area contributed by atoms with Crippen LogP contribution in [0.4, 0.5) is 0 Å². The molecule has 18 heavy (non-hydrogen) atoms. The van der Waals surface area contributed by atoms with Gasteiger partial charge in [-0.25, -0.2) is 0 Å². The van der Waals surface area contributed by atoms with Crippen molar-refractivity contribution in [1.82, 2.24) is 10.3 Å². The molecule has 1 N–H and O–H groups in total. The summed E-state index contributed by atoms with van der Waals surface area (Å²) in [6.45, 7) is 7.37. The second kappa shape index (κ2) is 5.78. The summed E-state index contributed by atoms with van der Waals surface area (Å²) in [7, 11) is 0. The summed E-state index contributed by atoms with van der Waals surface area (Å²) in [5, 5.41) is 3.55. The van der Waals surface area contributed by atoms with Gasteiger partial charge >= 0.3 is 0 Å². The van der Waals surface area contributed by atoms with E-state index in [4.69, 9.17) is 0 Å². The predicted molar refractivity (Wildman–Crippen MR) is 75.4 cm³/mol. The molecule has 0 radical (unpaired) electrons. The molecule has 2 rings (SSSR count). The highest BCUT2D eigenvalue weighted by Gasteiger charge is 2.05. The SMILES string of the molecule is Cc1ccc(CN[C@@H](C)c2ccncc2)c(C)c1. The van der Waals surface area contributed by atoms with Crippen molar-refractivity contribution in [3.63, 3.8) is 0 Å². The molecule has 0 fully saturated rings. The van der Waals surface area contributed by atoms with E-state index in [1.165, 1.54) is 22.3 Å². The highest BCUT2D eigenvalue weighted by atomic mass is 14.9. The molecule has 94 valence electrons. The monoisotopic (exact) mass is 240 g/mol. The molecule has 0 bridgehead atoms. The van der Waals surface area contributed by atoms with Gasteiger partial charge in [0.1, 0.15) is 0 Å². The van der Waals surface area contributed by atoms with E-state index in [-0.39, 0.29) is 0 Å². The van der Waals surface area contributed by atoms with Crippen molar-refractivity contribution in [2.45, 2.75) is 33.4 Å². The molecular formula is C16H20N2. The summed E-state index contributed by atoms with van der Waals surface area (Å²) < 4.78 is 0. The Morgan fingerprint density at radius 1 is 1.11 bits per heavy atom. The number of aromatic nitrogens is 1. The summed E-state index contributed by atoms with van der Waals surface area (Å²) in [6, 6.07) is 11.1. The summed E-state index contributed by atoms with van der Waals surface area (Å²) in [6.07, 6.45) is 3.68. The van der Waals surface area contributed by atoms with Gasteiger partial charge in [0.25, 0.3) is 0 Å². The first kappa shape index (κ1) is 12.8. The third-order valence-corrected chi connectivity index (χ3v) is 3.30. The van der Waals surface area contributed by atoms with E-state index < -0.39 is 0 Å². The number of pyridine rings is 1. The second-order valence-corrected chi connectivity index (χ2v) is 4.81. The van der Waals surface area contributed by atoms with Crippen molar-refractivity contribution in [2.24, 2.45) is 0 Å². The van der Waals surface area contributed by atoms with Gasteiger partial charge in [0.15, 0.2) is 0 Å². The Morgan fingerprint density at radius 2 is 1.83 bits per heavy atom. The number of rotatable bonds is 4. The van der Waals surface area contributed by atoms with Crippen LogP contribution in [0.3, 0.4) is 0 Å². The van der Waals surface area contributed by atoms with Crippen LogP contribution < -0.4 is 5.32 Å². The van der Waals surface area contributed by atoms with E-state index >= 15 is 0 Å². The number of benzene rings is 1. The molecule has 0 saturated heterocycles. The van der Waals surface area contributed by atoms with Gasteiger partial charge in [-0.15, -0.1) is 0 Å². The fraction of sp³-hybridized carbons (Fsp3) is 0.312. The quantitative estimate of drug-likeness (QED) is 0.884. The van der Waals surface area contributed by atoms with Crippen molar-refractivity contribution >= 4 is 0 Å². The Balaban J connectivity index is 1.99. The molecule has 1 aromatic heterocycles. The van der Waals surface area contributed by atoms with Crippen LogP contribution in [0, 0.1) is 13.8 Å². The molecule has 0 unspecified atom stereocenters. The van der Waals surface area contributed by atoms with Crippen molar-refractivity contribution in [2.75, 3.05) is 0 Å². The average molecular weight is 240 g/mol. The lowest BCUT2D eigenvalue weighted by molar-refractivity contribution is 0.573. The third-order valence-electron chi connectivity index (χ3n) is 3.30. The summed E-state index contributed by atoms with van der Waals surface area (Å²) >= 11 is 0. The summed E-state index contributed by atoms with van der Waals surface area (Å²) in [5.74, 6) is 0. The van der Waals surface area contributed by atoms with Gasteiger partial charge in [0.05, 0.1) is 0 Å². The Morgan fingerprint density at radius 3 is 2.50 bits per heavy atom. The smallest absolute Gasteiger partial charge is 0.0296 e. The van der Waals surface area contributed by atoms with Crippen LogP contribution >= 0.6 is 0 Å². The van der Waals surface area contributed by atoms with Crippen molar-refractivity contribution in [3.05, 3.63) is 65.0 Å². The van der Waals surface area contributed by atoms with E-state index in [1.807, 2.05) is 12.4 Å². The average Bonchev–Trinajstić information content (AvgIpc) is 2.38. The van der Waals surface area contributed by atoms with Crippen LogP contribution in [0.25, 0.3) is 0 Å². The first-order chi connectivity index (χ1) is 8.66. The van der Waals surface area contributed by atoms with Gasteiger partial charge in [-0.1, -0.05) is 23.8 Å². The van der Waals surface area contributed by atoms with Crippen molar-refractivity contribution < 1.29 is 0 Å². The number of aryl methyl sites for hydroxylation is 2. The lowest BCUT2D eigenvalue weighted by Crippen LogP contribution is -2.18. The lowest BCUT2D eigenvalue weighted by atomic mass is 10.0. The molecule has 1 aromatic carbocycles. The van der Waals surface area contributed by atoms with Crippen LogP contribution in [-0.2, 0) is 6.54 Å². The number of hydrogen-bond donors (Lipinski definition) is 1. The normalized spacial score (nSPS) is 12.4. The van der Waals surface area contributed by atoms with Gasteiger partial charge in [-0.05, 0) is 49.6 Å². The molecule has 1 atom stereocenters. The molecular weight excluding hydrogens is 220 g/mol. The molecule has 0 aliphatic rings. The zero-order chi connectivity index (χ0) is 13.0. The zero-order valence-electron chi connectivity index (χ0n) is 11.3. The lowest BCUT2D eigenvalue weighted by Gasteiger charge is -2.15. The first-order valence-corrected chi connectivity index (χ1v) is 6.36. The maximum Gasteiger partial charge on any atom is 0.0296 e. The first-order valence-electron chi connectivity index (χ1n) is 6.36. The van der Waals surface area contributed by atoms with Crippen LogP contribution in [0.1, 0.15) is 35.2 Å². The summed E-state index contributed by atoms with van der Waals surface area (Å²) in [5.41, 5.74) is 5.30. The highest BCUT2D eigenvalue weighted by molar-refractivity contribution is 5.30. The molecule has 0 aliphatic carbocycles. The predicted octanol–water partition coefficient (Wildman–Crippen LogP) is 3.55. The molecule has 2 aromatic rings. The topological polar surface area (TPSA) is 24.9 Å². The minimum atomic E-state index is 0.341. The minimum Gasteiger partial charge on any atom is -0.306 e. The number of nitrogens with zero attached hydrogens (tertiary/aromatic N) is 1. The van der Waals surface area contributed by atoms with Gasteiger partial charge in [-0.2, -0.15) is 0 Å². The fourth-order valence-corrected chi connectivity index (χ4v) is 2.08. The fourth-order valence-electron chi connectivity index (χ4n) is 2.08. The minimum absolute atomic E-state index is 0.341. The van der Waals surface area contributed by atoms with E-state index in [1.54, 1.807) is 0 Å². The molecule has 2 nitrogen and oxygen atoms in total. The second-order valence-electron chi connectivity index (χ2n) is 4.81. The molecule has 0 spiro atoms. The van der Waals surface area contributed by atoms with Gasteiger partial charge in [0.2, 0.25) is 0 Å². The van der Waals surface area contributed by atoms with Crippen LogP contribution in [0.2, 0.25) is 0 Å². The molecule has 1 heterocycles. The maximum atomic E-state index is 4.04. The van der Waals surface area contributed by atoms with Gasteiger partial charge in [0, 0.05) is 25.0 Å². The zero-order valence-corrected chi connectivity index (χ0v) is 11.3. The summed E-state index contributed by atoms with van der Waals surface area (Å²) in [4.78, 5) is 4.04. The molecule has 2 heteroatoms. The van der Waals surface area contributed by atoms with Crippen molar-refractivity contribution in [3.8, 4) is 0 Å². The maximum absolute atomic E-state index is 4.04. The van der Waals surface area contributed by atoms with Crippen molar-refractivity contribution in [1.29, 1.82) is 0 Å². The third kappa shape index (κ3) is 3.17. The molecule has 0 amide bonds. The Labute approximate surface area is 109 Å². The van der Waals surface area contributed by atoms with Crippen LogP contribution in [-0.4, -0.2) is 4.98 Å². The Hall–Kier alpha value is -1.67. The van der Waals surface area contributed by atoms with E-state index in [9.17, 15) is 0 Å². The Bertz CT molecular complexity index is 506. The number of hydrogen-bond acceptors (Lipinski definition) is 2. The molecule has 0 aliphatic heterocycles. The standard InChI is InChI=1S/C16H20N2/c1-12-4-5-16(13(2)10-12)11-18-14(3)15-6-8-17-9-7-15/h4-10,14,18H,11H2,1-3H3/t14-/m0/s1. The Kier molecular flexibility index (Phi) is 4.11.